The van der Waals surface area contributed by atoms with Crippen molar-refractivity contribution in [2.24, 2.45) is 0 Å². The van der Waals surface area contributed by atoms with Gasteiger partial charge in [-0.05, 0) is 35.6 Å². The molecule has 18 heavy (non-hydrogen) atoms. The molecule has 0 N–H and O–H groups in total. The number of furan rings is 1. The van der Waals surface area contributed by atoms with Crippen LogP contribution in [0.2, 0.25) is 0 Å². The summed E-state index contributed by atoms with van der Waals surface area (Å²) in [6.07, 6.45) is 0. The molecule has 4 rings (SSSR count). The molecule has 0 bridgehead atoms. The van der Waals surface area contributed by atoms with Crippen molar-refractivity contribution < 1.29 is 8.53 Å². The van der Waals surface area contributed by atoms with Gasteiger partial charge in [0.1, 0.15) is 11.2 Å². The maximum atomic E-state index is 8.22. The molecule has 4 aromatic rings. The summed E-state index contributed by atoms with van der Waals surface area (Å²) in [6.45, 7) is 0. The molecule has 0 aliphatic heterocycles. The predicted octanol–water partition coefficient (Wildman–Crippen LogP) is 5.50. The highest BCUT2D eigenvalue weighted by Gasteiger charge is 2.09. The van der Waals surface area contributed by atoms with Crippen LogP contribution >= 0.6 is 15.9 Å². The Kier molecular flexibility index (Phi) is 1.52. The fraction of sp³-hybridized carbons (Fsp3) is 0. The molecule has 3 aromatic carbocycles. The van der Waals surface area contributed by atoms with Crippen molar-refractivity contribution in [3.8, 4) is 0 Å². The van der Waals surface area contributed by atoms with Gasteiger partial charge in [0.2, 0.25) is 0 Å². The fourth-order valence-corrected chi connectivity index (χ4v) is 2.60. The predicted molar refractivity (Wildman–Crippen MR) is 78.9 cm³/mol. The van der Waals surface area contributed by atoms with Crippen molar-refractivity contribution in [1.29, 1.82) is 0 Å². The minimum absolute atomic E-state index is 0.0143. The van der Waals surface area contributed by atoms with E-state index in [0.29, 0.717) is 20.8 Å². The standard InChI is InChI=1S/C16H9BrO/c17-11-6-8-12-10(9-11)5-7-14-13-3-1-2-4-15(13)18-16(12)14/h1-9H/i6D,8D,9D. The van der Waals surface area contributed by atoms with E-state index in [1.54, 1.807) is 0 Å². The molecular weight excluding hydrogens is 288 g/mol. The number of halogens is 1. The Labute approximate surface area is 116 Å². The molecule has 1 nitrogen and oxygen atoms in total. The van der Waals surface area contributed by atoms with E-state index in [-0.39, 0.29) is 18.1 Å². The Hall–Kier alpha value is -1.80. The summed E-state index contributed by atoms with van der Waals surface area (Å²) >= 11 is 3.22. The highest BCUT2D eigenvalue weighted by Crippen LogP contribution is 2.34. The van der Waals surface area contributed by atoms with Crippen LogP contribution in [0.4, 0.5) is 0 Å². The van der Waals surface area contributed by atoms with Gasteiger partial charge in [-0.25, -0.2) is 0 Å². The van der Waals surface area contributed by atoms with Crippen LogP contribution in [0.25, 0.3) is 32.7 Å². The first-order valence-corrected chi connectivity index (χ1v) is 6.38. The summed E-state index contributed by atoms with van der Waals surface area (Å²) < 4.78 is 30.6. The van der Waals surface area contributed by atoms with Crippen molar-refractivity contribution >= 4 is 48.6 Å². The number of para-hydroxylation sites is 1. The molecule has 0 saturated carbocycles. The first-order valence-electron chi connectivity index (χ1n) is 7.09. The van der Waals surface area contributed by atoms with Crippen molar-refractivity contribution in [2.45, 2.75) is 0 Å². The molecule has 0 radical (unpaired) electrons. The summed E-state index contributed by atoms with van der Waals surface area (Å²) in [5, 5.41) is 3.04. The number of benzene rings is 3. The van der Waals surface area contributed by atoms with Gasteiger partial charge in [-0.1, -0.05) is 40.2 Å². The van der Waals surface area contributed by atoms with Crippen molar-refractivity contribution in [3.63, 3.8) is 0 Å². The summed E-state index contributed by atoms with van der Waals surface area (Å²) in [7, 11) is 0. The fourth-order valence-electron chi connectivity index (χ4n) is 2.28. The average Bonchev–Trinajstić information content (AvgIpc) is 2.88. The molecule has 0 saturated heterocycles. The third kappa shape index (κ3) is 1.33. The summed E-state index contributed by atoms with van der Waals surface area (Å²) in [6, 6.07) is 11.7. The highest BCUT2D eigenvalue weighted by molar-refractivity contribution is 9.10. The molecule has 86 valence electrons. The molecule has 0 atom stereocenters. The Balaban J connectivity index is 2.34. The zero-order valence-electron chi connectivity index (χ0n) is 12.3. The summed E-state index contributed by atoms with van der Waals surface area (Å²) in [4.78, 5) is 0. The van der Waals surface area contributed by atoms with Gasteiger partial charge in [0.05, 0.1) is 4.11 Å². The Bertz CT molecular complexity index is 1040. The minimum Gasteiger partial charge on any atom is -0.455 e. The molecule has 0 aliphatic carbocycles. The SMILES string of the molecule is [2H]c1c(Br)c([2H])c2ccc3c4ccccc4oc3c2c1[2H]. The molecule has 0 amide bonds. The molecule has 0 unspecified atom stereocenters. The van der Waals surface area contributed by atoms with Gasteiger partial charge in [0.25, 0.3) is 0 Å². The van der Waals surface area contributed by atoms with Gasteiger partial charge in [-0.15, -0.1) is 0 Å². The zero-order valence-corrected chi connectivity index (χ0v) is 10.8. The van der Waals surface area contributed by atoms with Crippen LogP contribution in [-0.2, 0) is 0 Å². The third-order valence-electron chi connectivity index (χ3n) is 3.09. The monoisotopic (exact) mass is 299 g/mol. The van der Waals surface area contributed by atoms with Gasteiger partial charge in [-0.2, -0.15) is 0 Å². The second kappa shape index (κ2) is 3.59. The quantitative estimate of drug-likeness (QED) is 0.418. The van der Waals surface area contributed by atoms with Crippen molar-refractivity contribution in [2.75, 3.05) is 0 Å². The van der Waals surface area contributed by atoms with Crippen LogP contribution in [0.15, 0.2) is 63.4 Å². The van der Waals surface area contributed by atoms with Crippen LogP contribution < -0.4 is 0 Å². The first-order chi connectivity index (χ1) is 10.1. The minimum atomic E-state index is 0.0143. The first kappa shape index (κ1) is 7.59. The Morgan fingerprint density at radius 3 is 2.78 bits per heavy atom. The van der Waals surface area contributed by atoms with Crippen LogP contribution in [0.3, 0.4) is 0 Å². The maximum absolute atomic E-state index is 8.22. The van der Waals surface area contributed by atoms with E-state index in [1.807, 2.05) is 36.4 Å². The van der Waals surface area contributed by atoms with Crippen molar-refractivity contribution in [1.82, 2.24) is 0 Å². The molecule has 0 aliphatic rings. The largest absolute Gasteiger partial charge is 0.455 e. The van der Waals surface area contributed by atoms with E-state index in [4.69, 9.17) is 8.53 Å². The lowest BCUT2D eigenvalue weighted by atomic mass is 10.1. The zero-order chi connectivity index (χ0) is 14.7. The third-order valence-corrected chi connectivity index (χ3v) is 3.49. The van der Waals surface area contributed by atoms with Crippen LogP contribution in [0.5, 0.6) is 0 Å². The topological polar surface area (TPSA) is 13.1 Å². The van der Waals surface area contributed by atoms with Crippen LogP contribution in [0.1, 0.15) is 4.11 Å². The summed E-state index contributed by atoms with van der Waals surface area (Å²) in [5.41, 5.74) is 1.33. The van der Waals surface area contributed by atoms with E-state index < -0.39 is 0 Å². The molecule has 1 heterocycles. The van der Waals surface area contributed by atoms with Crippen LogP contribution in [0, 0.1) is 0 Å². The second-order valence-corrected chi connectivity index (χ2v) is 4.95. The molecular formula is C16H9BrO. The lowest BCUT2D eigenvalue weighted by Gasteiger charge is -1.99. The van der Waals surface area contributed by atoms with Crippen LogP contribution in [-0.4, -0.2) is 0 Å². The number of fused-ring (bicyclic) bond motifs is 5. The molecule has 1 aromatic heterocycles. The molecule has 0 fully saturated rings. The number of hydrogen-bond donors (Lipinski definition) is 0. The normalized spacial score (nSPS) is 13.9. The van der Waals surface area contributed by atoms with E-state index >= 15 is 0 Å². The van der Waals surface area contributed by atoms with E-state index in [0.717, 1.165) is 16.4 Å². The number of hydrogen-bond acceptors (Lipinski definition) is 1. The van der Waals surface area contributed by atoms with E-state index in [2.05, 4.69) is 15.9 Å². The van der Waals surface area contributed by atoms with Gasteiger partial charge in [0.15, 0.2) is 0 Å². The summed E-state index contributed by atoms with van der Waals surface area (Å²) in [5.74, 6) is 0. The Morgan fingerprint density at radius 1 is 0.944 bits per heavy atom. The second-order valence-electron chi connectivity index (χ2n) is 4.15. The average molecular weight is 300 g/mol. The van der Waals surface area contributed by atoms with Crippen molar-refractivity contribution in [3.05, 3.63) is 59.0 Å². The highest BCUT2D eigenvalue weighted by atomic mass is 79.9. The van der Waals surface area contributed by atoms with E-state index in [9.17, 15) is 0 Å². The maximum Gasteiger partial charge on any atom is 0.143 e. The lowest BCUT2D eigenvalue weighted by molar-refractivity contribution is 0.672. The van der Waals surface area contributed by atoms with Gasteiger partial charge >= 0.3 is 0 Å². The van der Waals surface area contributed by atoms with Gasteiger partial charge < -0.3 is 4.42 Å². The Morgan fingerprint density at radius 2 is 1.83 bits per heavy atom. The lowest BCUT2D eigenvalue weighted by Crippen LogP contribution is -1.74. The molecule has 2 heteroatoms. The smallest absolute Gasteiger partial charge is 0.143 e. The van der Waals surface area contributed by atoms with Gasteiger partial charge in [0, 0.05) is 20.6 Å². The van der Waals surface area contributed by atoms with E-state index in [1.165, 1.54) is 0 Å². The molecule has 0 spiro atoms. The van der Waals surface area contributed by atoms with Gasteiger partial charge in [-0.3, -0.25) is 0 Å². The number of rotatable bonds is 0.